The molecule has 3 amide bonds. The van der Waals surface area contributed by atoms with Crippen molar-refractivity contribution in [2.24, 2.45) is 28.9 Å². The molecule has 3 N–H and O–H groups in total. The van der Waals surface area contributed by atoms with Crippen molar-refractivity contribution in [3.8, 4) is 5.75 Å². The molecule has 0 aromatic heterocycles. The number of carbonyl (C=O) groups excluding carboxylic acids is 3. The number of hydrogen-bond acceptors (Lipinski definition) is 4. The van der Waals surface area contributed by atoms with E-state index >= 15 is 0 Å². The molecular formula is C23H29N3O4. The van der Waals surface area contributed by atoms with E-state index in [1.54, 1.807) is 6.07 Å². The van der Waals surface area contributed by atoms with Gasteiger partial charge < -0.3 is 20.7 Å². The molecule has 2 aliphatic heterocycles. The van der Waals surface area contributed by atoms with Crippen molar-refractivity contribution in [2.45, 2.75) is 51.2 Å². The van der Waals surface area contributed by atoms with Crippen molar-refractivity contribution in [3.05, 3.63) is 29.8 Å². The fraction of sp³-hybridized carbons (Fsp3) is 0.609. The van der Waals surface area contributed by atoms with Gasteiger partial charge in [0, 0.05) is 37.3 Å². The average molecular weight is 412 g/mol. The monoisotopic (exact) mass is 411 g/mol. The zero-order chi connectivity index (χ0) is 21.1. The van der Waals surface area contributed by atoms with Gasteiger partial charge in [-0.25, -0.2) is 0 Å². The summed E-state index contributed by atoms with van der Waals surface area (Å²) in [5, 5.41) is 3.16. The number of rotatable bonds is 2. The lowest BCUT2D eigenvalue weighted by Crippen LogP contribution is -2.69. The molecule has 30 heavy (non-hydrogen) atoms. The molecule has 7 heteroatoms. The number of amides is 3. The van der Waals surface area contributed by atoms with Crippen LogP contribution in [0.25, 0.3) is 0 Å². The second-order valence-corrected chi connectivity index (χ2v) is 9.80. The molecule has 7 nitrogen and oxygen atoms in total. The lowest BCUT2D eigenvalue weighted by Gasteiger charge is -2.60. The van der Waals surface area contributed by atoms with E-state index in [1.807, 2.05) is 23.1 Å². The van der Waals surface area contributed by atoms with Gasteiger partial charge in [-0.1, -0.05) is 19.1 Å². The van der Waals surface area contributed by atoms with Gasteiger partial charge in [0.2, 0.25) is 11.8 Å². The van der Waals surface area contributed by atoms with Crippen LogP contribution in [0.3, 0.4) is 0 Å². The van der Waals surface area contributed by atoms with Gasteiger partial charge in [0.15, 0.2) is 5.72 Å². The highest BCUT2D eigenvalue weighted by molar-refractivity contribution is 5.98. The minimum atomic E-state index is -0.728. The molecule has 160 valence electrons. The topological polar surface area (TPSA) is 102 Å². The molecule has 2 bridgehead atoms. The number of nitrogens with one attached hydrogen (secondary N) is 1. The first kappa shape index (κ1) is 19.4. The summed E-state index contributed by atoms with van der Waals surface area (Å²) in [5.41, 5.74) is 5.05. The number of ether oxygens (including phenoxy) is 1. The molecule has 1 spiro atoms. The van der Waals surface area contributed by atoms with Crippen LogP contribution in [0.1, 0.15) is 55.8 Å². The highest BCUT2D eigenvalue weighted by Gasteiger charge is 2.62. The van der Waals surface area contributed by atoms with Crippen molar-refractivity contribution in [3.63, 3.8) is 0 Å². The van der Waals surface area contributed by atoms with E-state index in [4.69, 9.17) is 10.5 Å². The van der Waals surface area contributed by atoms with Crippen molar-refractivity contribution < 1.29 is 19.1 Å². The van der Waals surface area contributed by atoms with Gasteiger partial charge in [-0.15, -0.1) is 0 Å². The molecule has 2 heterocycles. The highest BCUT2D eigenvalue weighted by Crippen LogP contribution is 2.59. The Bertz CT molecular complexity index is 909. The molecule has 0 radical (unpaired) electrons. The zero-order valence-electron chi connectivity index (χ0n) is 17.4. The van der Waals surface area contributed by atoms with E-state index in [9.17, 15) is 14.4 Å². The van der Waals surface area contributed by atoms with E-state index in [-0.39, 0.29) is 40.9 Å². The molecule has 4 atom stereocenters. The number of primary amides is 1. The largest absolute Gasteiger partial charge is 0.467 e. The second kappa shape index (κ2) is 6.72. The molecular weight excluding hydrogens is 382 g/mol. The number of fused-ring (bicyclic) bond motifs is 3. The van der Waals surface area contributed by atoms with Crippen LogP contribution in [0, 0.1) is 23.2 Å². The Kier molecular flexibility index (Phi) is 4.35. The maximum absolute atomic E-state index is 13.4. The number of likely N-dealkylation sites (tertiary alicyclic amines) is 1. The standard InChI is InChI=1S/C23H29N3O4/c1-22-9-6-15(12-17(22)21(29)26-10-7-14(8-11-26)19(24)27)23(13-22)25-20(28)16-4-2-3-5-18(16)30-23/h2-5,14-15,17H,6-13H2,1H3,(H2,24,27)(H,25,28). The van der Waals surface area contributed by atoms with Crippen molar-refractivity contribution >= 4 is 17.7 Å². The van der Waals surface area contributed by atoms with Crippen LogP contribution in [0.5, 0.6) is 5.75 Å². The molecule has 1 aromatic rings. The van der Waals surface area contributed by atoms with Gasteiger partial charge in [0.05, 0.1) is 5.56 Å². The minimum absolute atomic E-state index is 0.0790. The highest BCUT2D eigenvalue weighted by atomic mass is 16.5. The van der Waals surface area contributed by atoms with Gasteiger partial charge in [-0.3, -0.25) is 14.4 Å². The number of piperidine rings is 1. The molecule has 3 saturated carbocycles. The van der Waals surface area contributed by atoms with Gasteiger partial charge in [0.25, 0.3) is 5.91 Å². The maximum Gasteiger partial charge on any atom is 0.258 e. The summed E-state index contributed by atoms with van der Waals surface area (Å²) in [5.74, 6) is 0.360. The number of para-hydroxylation sites is 1. The van der Waals surface area contributed by atoms with E-state index in [0.29, 0.717) is 50.1 Å². The van der Waals surface area contributed by atoms with Crippen LogP contribution in [0.2, 0.25) is 0 Å². The number of hydrogen-bond donors (Lipinski definition) is 2. The Labute approximate surface area is 176 Å². The molecule has 1 saturated heterocycles. The molecule has 4 fully saturated rings. The molecule has 3 aliphatic carbocycles. The van der Waals surface area contributed by atoms with Gasteiger partial charge in [0.1, 0.15) is 5.75 Å². The first-order valence-corrected chi connectivity index (χ1v) is 11.0. The Hall–Kier alpha value is -2.57. The van der Waals surface area contributed by atoms with Crippen LogP contribution in [-0.2, 0) is 9.59 Å². The first-order valence-electron chi connectivity index (χ1n) is 11.0. The summed E-state index contributed by atoms with van der Waals surface area (Å²) in [6, 6.07) is 7.36. The third-order valence-electron chi connectivity index (χ3n) is 8.01. The number of nitrogens with zero attached hydrogens (tertiary/aromatic N) is 1. The Balaban J connectivity index is 1.35. The average Bonchev–Trinajstić information content (AvgIpc) is 2.73. The van der Waals surface area contributed by atoms with Crippen molar-refractivity contribution in [1.82, 2.24) is 10.2 Å². The summed E-state index contributed by atoms with van der Waals surface area (Å²) < 4.78 is 6.44. The predicted octanol–water partition coefficient (Wildman–Crippen LogP) is 2.06. The first-order chi connectivity index (χ1) is 14.3. The predicted molar refractivity (Wildman–Crippen MR) is 109 cm³/mol. The van der Waals surface area contributed by atoms with E-state index in [0.717, 1.165) is 12.8 Å². The van der Waals surface area contributed by atoms with Crippen LogP contribution >= 0.6 is 0 Å². The minimum Gasteiger partial charge on any atom is -0.467 e. The fourth-order valence-electron chi connectivity index (χ4n) is 6.24. The van der Waals surface area contributed by atoms with Crippen molar-refractivity contribution in [2.75, 3.05) is 13.1 Å². The van der Waals surface area contributed by atoms with E-state index in [2.05, 4.69) is 12.2 Å². The smallest absolute Gasteiger partial charge is 0.258 e. The number of carbonyl (C=O) groups is 3. The molecule has 4 unspecified atom stereocenters. The summed E-state index contributed by atoms with van der Waals surface area (Å²) in [7, 11) is 0. The molecule has 1 aromatic carbocycles. The maximum atomic E-state index is 13.4. The third-order valence-corrected chi connectivity index (χ3v) is 8.01. The van der Waals surface area contributed by atoms with Crippen LogP contribution in [0.15, 0.2) is 24.3 Å². The van der Waals surface area contributed by atoms with Crippen LogP contribution in [0.4, 0.5) is 0 Å². The Morgan fingerprint density at radius 2 is 1.93 bits per heavy atom. The molecule has 5 aliphatic rings. The lowest BCUT2D eigenvalue weighted by atomic mass is 9.52. The lowest BCUT2D eigenvalue weighted by molar-refractivity contribution is -0.175. The summed E-state index contributed by atoms with van der Waals surface area (Å²) in [4.78, 5) is 39.6. The fourth-order valence-corrected chi connectivity index (χ4v) is 6.24. The van der Waals surface area contributed by atoms with E-state index in [1.165, 1.54) is 0 Å². The normalized spacial score (nSPS) is 35.5. The van der Waals surface area contributed by atoms with Gasteiger partial charge in [-0.05, 0) is 49.7 Å². The SMILES string of the molecule is CC12CCC(CC1C(=O)N1CCC(C(N)=O)CC1)C1(C2)NC(=O)c2ccccc2O1. The summed E-state index contributed by atoms with van der Waals surface area (Å²) in [6.07, 6.45) is 4.54. The number of benzene rings is 1. The summed E-state index contributed by atoms with van der Waals surface area (Å²) in [6.45, 7) is 3.35. The number of nitrogens with two attached hydrogens (primary N) is 1. The summed E-state index contributed by atoms with van der Waals surface area (Å²) >= 11 is 0. The Morgan fingerprint density at radius 1 is 1.20 bits per heavy atom. The van der Waals surface area contributed by atoms with Crippen LogP contribution in [-0.4, -0.2) is 41.4 Å². The van der Waals surface area contributed by atoms with Gasteiger partial charge >= 0.3 is 0 Å². The third kappa shape index (κ3) is 2.89. The second-order valence-electron chi connectivity index (χ2n) is 9.80. The van der Waals surface area contributed by atoms with Gasteiger partial charge in [-0.2, -0.15) is 0 Å². The van der Waals surface area contributed by atoms with E-state index < -0.39 is 5.72 Å². The molecule has 6 rings (SSSR count). The van der Waals surface area contributed by atoms with Crippen molar-refractivity contribution in [1.29, 1.82) is 0 Å². The quantitative estimate of drug-likeness (QED) is 0.778. The zero-order valence-corrected chi connectivity index (χ0v) is 17.4. The van der Waals surface area contributed by atoms with Crippen LogP contribution < -0.4 is 15.8 Å². The Morgan fingerprint density at radius 3 is 2.63 bits per heavy atom.